The molecule has 0 aromatic carbocycles. The fourth-order valence-corrected chi connectivity index (χ4v) is 2.92. The summed E-state index contributed by atoms with van der Waals surface area (Å²) in [5.74, 6) is -6.05. The highest BCUT2D eigenvalue weighted by molar-refractivity contribution is 5.96. The number of carbonyl (C=O) groups is 5. The molecule has 4 amide bonds. The first kappa shape index (κ1) is 30.3. The van der Waals surface area contributed by atoms with Crippen LogP contribution in [0.2, 0.25) is 0 Å². The van der Waals surface area contributed by atoms with Crippen LogP contribution in [0.5, 0.6) is 0 Å². The van der Waals surface area contributed by atoms with Crippen LogP contribution in [0, 0.1) is 17.8 Å². The molecule has 0 saturated carbocycles. The molecule has 4 atom stereocenters. The zero-order valence-corrected chi connectivity index (χ0v) is 20.2. The van der Waals surface area contributed by atoms with Gasteiger partial charge in [-0.25, -0.2) is 0 Å². The van der Waals surface area contributed by atoms with Crippen molar-refractivity contribution in [3.8, 4) is 0 Å². The number of alkyl halides is 3. The van der Waals surface area contributed by atoms with E-state index in [1.807, 2.05) is 5.32 Å². The summed E-state index contributed by atoms with van der Waals surface area (Å²) in [6, 6.07) is -5.07. The van der Waals surface area contributed by atoms with Crippen molar-refractivity contribution in [2.24, 2.45) is 17.8 Å². The molecule has 0 aliphatic rings. The van der Waals surface area contributed by atoms with E-state index in [-0.39, 0.29) is 5.92 Å². The summed E-state index contributed by atoms with van der Waals surface area (Å²) in [5, 5.41) is 9.51. The first-order valence-electron chi connectivity index (χ1n) is 10.7. The van der Waals surface area contributed by atoms with Crippen molar-refractivity contribution in [2.45, 2.75) is 85.7 Å². The summed E-state index contributed by atoms with van der Waals surface area (Å²) >= 11 is 0. The van der Waals surface area contributed by atoms with Crippen LogP contribution < -0.4 is 21.3 Å². The van der Waals surface area contributed by atoms with Gasteiger partial charge in [0, 0.05) is 6.92 Å². The molecular weight excluding hydrogens is 445 g/mol. The van der Waals surface area contributed by atoms with Crippen LogP contribution in [-0.4, -0.2) is 59.8 Å². The van der Waals surface area contributed by atoms with Gasteiger partial charge in [-0.2, -0.15) is 13.2 Å². The maximum Gasteiger partial charge on any atom is 0.452 e. The van der Waals surface area contributed by atoms with Crippen LogP contribution in [0.3, 0.4) is 0 Å². The molecule has 0 aromatic heterocycles. The number of hydrogen-bond acceptors (Lipinski definition) is 5. The Hall–Kier alpha value is -2.66. The van der Waals surface area contributed by atoms with Gasteiger partial charge < -0.3 is 21.3 Å². The van der Waals surface area contributed by atoms with Crippen molar-refractivity contribution in [1.82, 2.24) is 21.3 Å². The third-order valence-electron chi connectivity index (χ3n) is 4.83. The molecule has 0 spiro atoms. The zero-order valence-electron chi connectivity index (χ0n) is 20.2. The van der Waals surface area contributed by atoms with Gasteiger partial charge in [0.2, 0.25) is 23.6 Å². The minimum atomic E-state index is -5.11. The standard InChI is InChI=1S/C21H35F3N4O5/c1-9(2)14(26-13(8)29)19(32)28-16(11(5)6)20(33)27-15(10(3)4)18(31)25-12(7)17(30)21(22,23)24/h9-12,14-16H,1-8H3,(H,25,31)(H,26,29)(H,27,33)(H,28,32)/t12?,14-,15-,16-/m0/s1. The summed E-state index contributed by atoms with van der Waals surface area (Å²) in [6.45, 7) is 12.0. The molecule has 190 valence electrons. The second-order valence-electron chi connectivity index (χ2n) is 8.98. The number of amides is 4. The Bertz CT molecular complexity index is 738. The lowest BCUT2D eigenvalue weighted by Gasteiger charge is -2.29. The second kappa shape index (κ2) is 12.5. The van der Waals surface area contributed by atoms with E-state index in [9.17, 15) is 37.1 Å². The smallest absolute Gasteiger partial charge is 0.344 e. The van der Waals surface area contributed by atoms with Gasteiger partial charge in [-0.1, -0.05) is 41.5 Å². The SMILES string of the molecule is CC(=O)N[C@H](C(=O)N[C@H](C(=O)N[C@H](C(=O)NC(C)C(=O)C(F)(F)F)C(C)C)C(C)C)C(C)C. The van der Waals surface area contributed by atoms with Gasteiger partial charge in [-0.05, 0) is 24.7 Å². The highest BCUT2D eigenvalue weighted by atomic mass is 19.4. The summed E-state index contributed by atoms with van der Waals surface area (Å²) in [5.41, 5.74) is 0. The van der Waals surface area contributed by atoms with E-state index < -0.39 is 71.6 Å². The van der Waals surface area contributed by atoms with E-state index in [0.717, 1.165) is 6.92 Å². The number of hydrogen-bond donors (Lipinski definition) is 4. The maximum atomic E-state index is 12.9. The molecule has 0 bridgehead atoms. The van der Waals surface area contributed by atoms with Gasteiger partial charge in [-0.15, -0.1) is 0 Å². The maximum absolute atomic E-state index is 12.9. The van der Waals surface area contributed by atoms with Crippen molar-refractivity contribution in [3.63, 3.8) is 0 Å². The summed E-state index contributed by atoms with van der Waals surface area (Å²) in [7, 11) is 0. The Balaban J connectivity index is 5.50. The number of nitrogens with one attached hydrogen (secondary N) is 4. The van der Waals surface area contributed by atoms with E-state index in [1.54, 1.807) is 41.5 Å². The molecule has 0 radical (unpaired) electrons. The molecule has 4 N–H and O–H groups in total. The summed E-state index contributed by atoms with van der Waals surface area (Å²) in [6.07, 6.45) is -5.11. The lowest BCUT2D eigenvalue weighted by Crippen LogP contribution is -2.60. The first-order chi connectivity index (χ1) is 14.9. The number of ketones is 1. The van der Waals surface area contributed by atoms with Crippen LogP contribution in [0.1, 0.15) is 55.4 Å². The Morgan fingerprint density at radius 2 is 0.879 bits per heavy atom. The van der Waals surface area contributed by atoms with Crippen LogP contribution in [0.4, 0.5) is 13.2 Å². The van der Waals surface area contributed by atoms with Gasteiger partial charge in [0.25, 0.3) is 5.78 Å². The number of halogens is 3. The highest BCUT2D eigenvalue weighted by Gasteiger charge is 2.43. The minimum absolute atomic E-state index is 0.272. The second-order valence-corrected chi connectivity index (χ2v) is 8.98. The molecule has 0 aromatic rings. The van der Waals surface area contributed by atoms with E-state index >= 15 is 0 Å². The number of carbonyl (C=O) groups excluding carboxylic acids is 5. The lowest BCUT2D eigenvalue weighted by molar-refractivity contribution is -0.173. The van der Waals surface area contributed by atoms with E-state index in [0.29, 0.717) is 0 Å². The van der Waals surface area contributed by atoms with Gasteiger partial charge in [0.1, 0.15) is 18.1 Å². The number of Topliss-reactive ketones (excluding diaryl/α,β-unsaturated/α-hetero) is 1. The predicted molar refractivity (Wildman–Crippen MR) is 115 cm³/mol. The zero-order chi connectivity index (χ0) is 26.3. The molecule has 33 heavy (non-hydrogen) atoms. The highest BCUT2D eigenvalue weighted by Crippen LogP contribution is 2.18. The van der Waals surface area contributed by atoms with E-state index in [1.165, 1.54) is 6.92 Å². The third kappa shape index (κ3) is 9.79. The fraction of sp³-hybridized carbons (Fsp3) is 0.762. The average molecular weight is 481 g/mol. The summed E-state index contributed by atoms with van der Waals surface area (Å²) < 4.78 is 37.8. The van der Waals surface area contributed by atoms with E-state index in [2.05, 4.69) is 16.0 Å². The molecule has 0 rings (SSSR count). The van der Waals surface area contributed by atoms with Gasteiger partial charge >= 0.3 is 6.18 Å². The van der Waals surface area contributed by atoms with Crippen molar-refractivity contribution < 1.29 is 37.1 Å². The fourth-order valence-electron chi connectivity index (χ4n) is 2.92. The quantitative estimate of drug-likeness (QED) is 0.351. The van der Waals surface area contributed by atoms with Crippen LogP contribution >= 0.6 is 0 Å². The average Bonchev–Trinajstić information content (AvgIpc) is 2.65. The molecule has 1 unspecified atom stereocenters. The lowest BCUT2D eigenvalue weighted by atomic mass is 9.97. The van der Waals surface area contributed by atoms with Crippen molar-refractivity contribution >= 4 is 29.4 Å². The van der Waals surface area contributed by atoms with Gasteiger partial charge in [0.05, 0.1) is 6.04 Å². The molecule has 9 nitrogen and oxygen atoms in total. The monoisotopic (exact) mass is 480 g/mol. The van der Waals surface area contributed by atoms with Crippen LogP contribution in [0.15, 0.2) is 0 Å². The normalized spacial score (nSPS) is 15.5. The van der Waals surface area contributed by atoms with E-state index in [4.69, 9.17) is 0 Å². The molecule has 12 heteroatoms. The molecular formula is C21H35F3N4O5. The van der Waals surface area contributed by atoms with Crippen LogP contribution in [0.25, 0.3) is 0 Å². The van der Waals surface area contributed by atoms with Crippen molar-refractivity contribution in [2.75, 3.05) is 0 Å². The Morgan fingerprint density at radius 3 is 1.15 bits per heavy atom. The van der Waals surface area contributed by atoms with Crippen LogP contribution in [-0.2, 0) is 24.0 Å². The Kier molecular flexibility index (Phi) is 11.5. The Labute approximate surface area is 192 Å². The first-order valence-corrected chi connectivity index (χ1v) is 10.7. The predicted octanol–water partition coefficient (Wildman–Crippen LogP) is 1.06. The topological polar surface area (TPSA) is 133 Å². The minimum Gasteiger partial charge on any atom is -0.344 e. The molecule has 0 saturated heterocycles. The van der Waals surface area contributed by atoms with Crippen molar-refractivity contribution in [1.29, 1.82) is 0 Å². The molecule has 0 heterocycles. The molecule has 0 fully saturated rings. The third-order valence-corrected chi connectivity index (χ3v) is 4.83. The van der Waals surface area contributed by atoms with Gasteiger partial charge in [-0.3, -0.25) is 24.0 Å². The van der Waals surface area contributed by atoms with Gasteiger partial charge in [0.15, 0.2) is 0 Å². The molecule has 0 aliphatic heterocycles. The number of rotatable bonds is 11. The molecule has 0 aliphatic carbocycles. The summed E-state index contributed by atoms with van der Waals surface area (Å²) in [4.78, 5) is 60.8. The largest absolute Gasteiger partial charge is 0.452 e. The Morgan fingerprint density at radius 1 is 0.576 bits per heavy atom. The van der Waals surface area contributed by atoms with Crippen molar-refractivity contribution in [3.05, 3.63) is 0 Å².